The van der Waals surface area contributed by atoms with Crippen molar-refractivity contribution in [2.24, 2.45) is 0 Å². The van der Waals surface area contributed by atoms with Gasteiger partial charge in [0.15, 0.2) is 0 Å². The summed E-state index contributed by atoms with van der Waals surface area (Å²) in [4.78, 5) is 0. The Kier molecular flexibility index (Phi) is 4.29. The van der Waals surface area contributed by atoms with Gasteiger partial charge in [0.1, 0.15) is 17.4 Å². The fourth-order valence-corrected chi connectivity index (χ4v) is 1.81. The van der Waals surface area contributed by atoms with Crippen molar-refractivity contribution in [3.05, 3.63) is 59.6 Å². The van der Waals surface area contributed by atoms with Gasteiger partial charge in [0.25, 0.3) is 0 Å². The van der Waals surface area contributed by atoms with Gasteiger partial charge in [-0.05, 0) is 25.1 Å². The molecule has 2 atom stereocenters. The van der Waals surface area contributed by atoms with Crippen molar-refractivity contribution in [2.75, 3.05) is 6.54 Å². The first-order valence-electron chi connectivity index (χ1n) is 5.97. The third-order valence-corrected chi connectivity index (χ3v) is 2.91. The molecule has 0 fully saturated rings. The molecule has 0 bridgehead atoms. The molecule has 0 saturated heterocycles. The van der Waals surface area contributed by atoms with E-state index in [2.05, 4.69) is 5.32 Å². The molecule has 0 spiro atoms. The molecule has 102 valence electrons. The number of benzene rings is 1. The van der Waals surface area contributed by atoms with Crippen molar-refractivity contribution in [3.63, 3.8) is 0 Å². The summed E-state index contributed by atoms with van der Waals surface area (Å²) in [6.45, 7) is 2.01. The topological polar surface area (TPSA) is 45.4 Å². The van der Waals surface area contributed by atoms with Gasteiger partial charge in [0.05, 0.1) is 18.4 Å². The van der Waals surface area contributed by atoms with Crippen molar-refractivity contribution in [1.29, 1.82) is 0 Å². The number of aliphatic hydroxyl groups is 1. The first-order valence-corrected chi connectivity index (χ1v) is 5.97. The SMILES string of the molecule is C[C@H](NCC(O)c1ccc(F)cc1F)c1ccco1. The van der Waals surface area contributed by atoms with Gasteiger partial charge in [-0.15, -0.1) is 0 Å². The monoisotopic (exact) mass is 267 g/mol. The number of halogens is 2. The van der Waals surface area contributed by atoms with Crippen LogP contribution in [0.3, 0.4) is 0 Å². The van der Waals surface area contributed by atoms with E-state index >= 15 is 0 Å². The molecular formula is C14H15F2NO2. The molecule has 0 aliphatic carbocycles. The first-order chi connectivity index (χ1) is 9.08. The van der Waals surface area contributed by atoms with E-state index < -0.39 is 17.7 Å². The zero-order valence-electron chi connectivity index (χ0n) is 10.4. The maximum atomic E-state index is 13.5. The summed E-state index contributed by atoms with van der Waals surface area (Å²) in [6.07, 6.45) is 0.516. The van der Waals surface area contributed by atoms with E-state index in [0.717, 1.165) is 17.9 Å². The Morgan fingerprint density at radius 2 is 2.11 bits per heavy atom. The molecule has 1 unspecified atom stereocenters. The summed E-state index contributed by atoms with van der Waals surface area (Å²) in [5.74, 6) is -0.683. The molecule has 1 heterocycles. The number of hydrogen-bond acceptors (Lipinski definition) is 3. The minimum Gasteiger partial charge on any atom is -0.468 e. The molecule has 19 heavy (non-hydrogen) atoms. The van der Waals surface area contributed by atoms with Gasteiger partial charge < -0.3 is 14.8 Å². The van der Waals surface area contributed by atoms with Crippen LogP contribution in [0.1, 0.15) is 30.4 Å². The van der Waals surface area contributed by atoms with Gasteiger partial charge in [-0.25, -0.2) is 8.78 Å². The maximum absolute atomic E-state index is 13.5. The van der Waals surface area contributed by atoms with E-state index in [4.69, 9.17) is 4.42 Å². The van der Waals surface area contributed by atoms with Gasteiger partial charge in [-0.3, -0.25) is 0 Å². The highest BCUT2D eigenvalue weighted by Gasteiger charge is 2.15. The van der Waals surface area contributed by atoms with Crippen molar-refractivity contribution < 1.29 is 18.3 Å². The van der Waals surface area contributed by atoms with E-state index in [9.17, 15) is 13.9 Å². The second-order valence-electron chi connectivity index (χ2n) is 4.33. The van der Waals surface area contributed by atoms with Crippen LogP contribution in [-0.2, 0) is 0 Å². The third kappa shape index (κ3) is 3.39. The Bertz CT molecular complexity index is 528. The number of hydrogen-bond donors (Lipinski definition) is 2. The smallest absolute Gasteiger partial charge is 0.131 e. The first kappa shape index (κ1) is 13.7. The number of rotatable bonds is 5. The molecule has 0 amide bonds. The average molecular weight is 267 g/mol. The highest BCUT2D eigenvalue weighted by molar-refractivity contribution is 5.21. The van der Waals surface area contributed by atoms with Crippen molar-refractivity contribution in [3.8, 4) is 0 Å². The molecular weight excluding hydrogens is 252 g/mol. The Morgan fingerprint density at radius 3 is 2.74 bits per heavy atom. The zero-order valence-corrected chi connectivity index (χ0v) is 10.4. The standard InChI is InChI=1S/C14H15F2NO2/c1-9(14-3-2-6-19-14)17-8-13(18)11-5-4-10(15)7-12(11)16/h2-7,9,13,17-18H,8H2,1H3/t9-,13?/m0/s1. The van der Waals surface area contributed by atoms with Crippen LogP contribution >= 0.6 is 0 Å². The van der Waals surface area contributed by atoms with Crippen molar-refractivity contribution >= 4 is 0 Å². The van der Waals surface area contributed by atoms with Crippen LogP contribution in [0.25, 0.3) is 0 Å². The van der Waals surface area contributed by atoms with Gasteiger partial charge in [0.2, 0.25) is 0 Å². The van der Waals surface area contributed by atoms with Crippen LogP contribution < -0.4 is 5.32 Å². The lowest BCUT2D eigenvalue weighted by molar-refractivity contribution is 0.164. The molecule has 2 aromatic rings. The average Bonchev–Trinajstić information content (AvgIpc) is 2.89. The van der Waals surface area contributed by atoms with Crippen molar-refractivity contribution in [2.45, 2.75) is 19.1 Å². The zero-order chi connectivity index (χ0) is 13.8. The van der Waals surface area contributed by atoms with Crippen LogP contribution in [0, 0.1) is 11.6 Å². The third-order valence-electron chi connectivity index (χ3n) is 2.91. The summed E-state index contributed by atoms with van der Waals surface area (Å²) >= 11 is 0. The Labute approximate surface area is 109 Å². The quantitative estimate of drug-likeness (QED) is 0.875. The van der Waals surface area contributed by atoms with E-state index in [1.807, 2.05) is 13.0 Å². The van der Waals surface area contributed by atoms with Crippen LogP contribution in [0.2, 0.25) is 0 Å². The van der Waals surface area contributed by atoms with Crippen molar-refractivity contribution in [1.82, 2.24) is 5.32 Å². The van der Waals surface area contributed by atoms with Crippen LogP contribution in [-0.4, -0.2) is 11.7 Å². The van der Waals surface area contributed by atoms with Gasteiger partial charge in [0, 0.05) is 18.2 Å². The van der Waals surface area contributed by atoms with Gasteiger partial charge in [-0.2, -0.15) is 0 Å². The molecule has 5 heteroatoms. The van der Waals surface area contributed by atoms with Crippen LogP contribution in [0.15, 0.2) is 41.0 Å². The van der Waals surface area contributed by atoms with Crippen LogP contribution in [0.5, 0.6) is 0 Å². The fourth-order valence-electron chi connectivity index (χ4n) is 1.81. The normalized spacial score (nSPS) is 14.3. The van der Waals surface area contributed by atoms with E-state index in [1.54, 1.807) is 12.3 Å². The van der Waals surface area contributed by atoms with Gasteiger partial charge >= 0.3 is 0 Å². The molecule has 2 N–H and O–H groups in total. The summed E-state index contributed by atoms with van der Waals surface area (Å²) in [6, 6.07) is 6.60. The molecule has 0 aliphatic rings. The van der Waals surface area contributed by atoms with E-state index in [1.165, 1.54) is 6.07 Å². The second kappa shape index (κ2) is 5.95. The summed E-state index contributed by atoms with van der Waals surface area (Å²) < 4.78 is 31.4. The number of furan rings is 1. The molecule has 1 aromatic carbocycles. The Hall–Kier alpha value is -1.72. The largest absolute Gasteiger partial charge is 0.468 e. The fraction of sp³-hybridized carbons (Fsp3) is 0.286. The Morgan fingerprint density at radius 1 is 1.32 bits per heavy atom. The minimum atomic E-state index is -1.04. The lowest BCUT2D eigenvalue weighted by Crippen LogP contribution is -2.24. The predicted molar refractivity (Wildman–Crippen MR) is 66.4 cm³/mol. The molecule has 0 aliphatic heterocycles. The lowest BCUT2D eigenvalue weighted by Gasteiger charge is -2.16. The molecule has 2 rings (SSSR count). The molecule has 1 aromatic heterocycles. The Balaban J connectivity index is 1.96. The predicted octanol–water partition coefficient (Wildman–Crippen LogP) is 2.94. The number of aliphatic hydroxyl groups excluding tert-OH is 1. The second-order valence-corrected chi connectivity index (χ2v) is 4.33. The lowest BCUT2D eigenvalue weighted by atomic mass is 10.1. The highest BCUT2D eigenvalue weighted by Crippen LogP contribution is 2.19. The summed E-state index contributed by atoms with van der Waals surface area (Å²) in [7, 11) is 0. The van der Waals surface area contributed by atoms with Crippen LogP contribution in [0.4, 0.5) is 8.78 Å². The summed E-state index contributed by atoms with van der Waals surface area (Å²) in [5, 5.41) is 12.9. The van der Waals surface area contributed by atoms with E-state index in [0.29, 0.717) is 0 Å². The minimum absolute atomic E-state index is 0.0699. The maximum Gasteiger partial charge on any atom is 0.131 e. The van der Waals surface area contributed by atoms with Gasteiger partial charge in [-0.1, -0.05) is 6.07 Å². The number of nitrogens with one attached hydrogen (secondary N) is 1. The van der Waals surface area contributed by atoms with E-state index in [-0.39, 0.29) is 18.2 Å². The molecule has 0 radical (unpaired) electrons. The highest BCUT2D eigenvalue weighted by atomic mass is 19.1. The molecule has 0 saturated carbocycles. The summed E-state index contributed by atoms with van der Waals surface area (Å²) in [5.41, 5.74) is 0.0699. The molecule has 3 nitrogen and oxygen atoms in total.